The molecule has 3 amide bonds. The zero-order valence-electron chi connectivity index (χ0n) is 12.9. The number of anilines is 2. The van der Waals surface area contributed by atoms with Crippen LogP contribution < -0.4 is 16.0 Å². The third-order valence-corrected chi connectivity index (χ3v) is 3.29. The first-order valence-electron chi connectivity index (χ1n) is 7.20. The summed E-state index contributed by atoms with van der Waals surface area (Å²) >= 11 is 6.03. The van der Waals surface area contributed by atoms with Crippen LogP contribution in [-0.4, -0.2) is 18.0 Å². The van der Waals surface area contributed by atoms with E-state index < -0.39 is 0 Å². The van der Waals surface area contributed by atoms with Crippen LogP contribution in [0.2, 0.25) is 5.02 Å². The van der Waals surface area contributed by atoms with Crippen LogP contribution in [0.1, 0.15) is 24.2 Å². The van der Waals surface area contributed by atoms with Crippen LogP contribution in [0.4, 0.5) is 16.2 Å². The number of halogens is 1. The van der Waals surface area contributed by atoms with E-state index in [9.17, 15) is 9.59 Å². The topological polar surface area (TPSA) is 70.2 Å². The monoisotopic (exact) mass is 331 g/mol. The molecular weight excluding hydrogens is 314 g/mol. The summed E-state index contributed by atoms with van der Waals surface area (Å²) in [5.41, 5.74) is 1.37. The van der Waals surface area contributed by atoms with E-state index in [2.05, 4.69) is 16.0 Å². The molecule has 23 heavy (non-hydrogen) atoms. The Hall–Kier alpha value is -2.53. The molecule has 0 fully saturated rings. The van der Waals surface area contributed by atoms with Gasteiger partial charge in [0.25, 0.3) is 5.91 Å². The van der Waals surface area contributed by atoms with E-state index in [1.165, 1.54) is 0 Å². The molecule has 3 N–H and O–H groups in total. The standard InChI is InChI=1S/C17H18ClN3O2/c1-11(2)19-17(23)21-15-10-6-5-9-14(15)20-16(22)12-7-3-4-8-13(12)18/h3-11H,1-2H3,(H,20,22)(H2,19,21,23). The summed E-state index contributed by atoms with van der Waals surface area (Å²) < 4.78 is 0. The SMILES string of the molecule is CC(C)NC(=O)Nc1ccccc1NC(=O)c1ccccc1Cl. The first-order chi connectivity index (χ1) is 11.0. The Kier molecular flexibility index (Phi) is 5.60. The largest absolute Gasteiger partial charge is 0.336 e. The maximum Gasteiger partial charge on any atom is 0.319 e. The number of nitrogens with one attached hydrogen (secondary N) is 3. The first-order valence-corrected chi connectivity index (χ1v) is 7.57. The molecule has 0 aliphatic carbocycles. The summed E-state index contributed by atoms with van der Waals surface area (Å²) in [4.78, 5) is 24.2. The normalized spacial score (nSPS) is 10.3. The van der Waals surface area contributed by atoms with Crippen LogP contribution in [0.15, 0.2) is 48.5 Å². The number of carbonyl (C=O) groups excluding carboxylic acids is 2. The Bertz CT molecular complexity index is 716. The van der Waals surface area contributed by atoms with E-state index >= 15 is 0 Å². The Morgan fingerprint density at radius 1 is 0.913 bits per heavy atom. The zero-order valence-corrected chi connectivity index (χ0v) is 13.6. The number of carbonyl (C=O) groups is 2. The highest BCUT2D eigenvalue weighted by Crippen LogP contribution is 2.23. The second kappa shape index (κ2) is 7.65. The third kappa shape index (κ3) is 4.72. The minimum atomic E-state index is -0.339. The summed E-state index contributed by atoms with van der Waals surface area (Å²) in [5, 5.41) is 8.57. The van der Waals surface area contributed by atoms with Crippen molar-refractivity contribution < 1.29 is 9.59 Å². The summed E-state index contributed by atoms with van der Waals surface area (Å²) in [6, 6.07) is 13.4. The molecular formula is C17H18ClN3O2. The zero-order chi connectivity index (χ0) is 16.8. The highest BCUT2D eigenvalue weighted by atomic mass is 35.5. The van der Waals surface area contributed by atoms with Gasteiger partial charge in [0.1, 0.15) is 0 Å². The smallest absolute Gasteiger partial charge is 0.319 e. The molecule has 0 saturated carbocycles. The van der Waals surface area contributed by atoms with Gasteiger partial charge in [0.15, 0.2) is 0 Å². The van der Waals surface area contributed by atoms with Crippen molar-refractivity contribution in [3.05, 3.63) is 59.1 Å². The molecule has 0 saturated heterocycles. The van der Waals surface area contributed by atoms with Crippen molar-refractivity contribution in [2.75, 3.05) is 10.6 Å². The predicted octanol–water partition coefficient (Wildman–Crippen LogP) is 4.12. The van der Waals surface area contributed by atoms with Crippen LogP contribution >= 0.6 is 11.6 Å². The fourth-order valence-electron chi connectivity index (χ4n) is 1.96. The van der Waals surface area contributed by atoms with E-state index in [0.717, 1.165) is 0 Å². The number of urea groups is 1. The Labute approximate surface area is 140 Å². The molecule has 120 valence electrons. The van der Waals surface area contributed by atoms with Gasteiger partial charge in [-0.25, -0.2) is 4.79 Å². The fourth-order valence-corrected chi connectivity index (χ4v) is 2.18. The van der Waals surface area contributed by atoms with Crippen molar-refractivity contribution in [2.45, 2.75) is 19.9 Å². The summed E-state index contributed by atoms with van der Waals surface area (Å²) in [6.45, 7) is 3.73. The second-order valence-corrected chi connectivity index (χ2v) is 5.64. The average molecular weight is 332 g/mol. The van der Waals surface area contributed by atoms with E-state index in [4.69, 9.17) is 11.6 Å². The quantitative estimate of drug-likeness (QED) is 0.788. The van der Waals surface area contributed by atoms with Crippen molar-refractivity contribution in [3.63, 3.8) is 0 Å². The van der Waals surface area contributed by atoms with E-state index in [1.54, 1.807) is 48.5 Å². The average Bonchev–Trinajstić information content (AvgIpc) is 2.48. The summed E-state index contributed by atoms with van der Waals surface area (Å²) in [6.07, 6.45) is 0. The number of rotatable bonds is 4. The molecule has 0 atom stereocenters. The number of amides is 3. The molecule has 2 rings (SSSR count). The molecule has 5 nitrogen and oxygen atoms in total. The lowest BCUT2D eigenvalue weighted by atomic mass is 10.2. The number of para-hydroxylation sites is 2. The van der Waals surface area contributed by atoms with Gasteiger partial charge in [-0.05, 0) is 38.1 Å². The predicted molar refractivity (Wildman–Crippen MR) is 93.1 cm³/mol. The van der Waals surface area contributed by atoms with Crippen LogP contribution in [0, 0.1) is 0 Å². The molecule has 0 unspecified atom stereocenters. The highest BCUT2D eigenvalue weighted by Gasteiger charge is 2.13. The van der Waals surface area contributed by atoms with Gasteiger partial charge >= 0.3 is 6.03 Å². The Balaban J connectivity index is 2.16. The molecule has 0 aromatic heterocycles. The van der Waals surface area contributed by atoms with Crippen molar-refractivity contribution in [3.8, 4) is 0 Å². The van der Waals surface area contributed by atoms with Gasteiger partial charge in [0.2, 0.25) is 0 Å². The van der Waals surface area contributed by atoms with Crippen LogP contribution in [-0.2, 0) is 0 Å². The highest BCUT2D eigenvalue weighted by molar-refractivity contribution is 6.34. The van der Waals surface area contributed by atoms with Gasteiger partial charge in [0.05, 0.1) is 22.0 Å². The number of benzene rings is 2. The Morgan fingerprint density at radius 2 is 1.48 bits per heavy atom. The Morgan fingerprint density at radius 3 is 2.09 bits per heavy atom. The summed E-state index contributed by atoms with van der Waals surface area (Å²) in [5.74, 6) is -0.339. The van der Waals surface area contributed by atoms with Crippen LogP contribution in [0.5, 0.6) is 0 Å². The second-order valence-electron chi connectivity index (χ2n) is 5.23. The van der Waals surface area contributed by atoms with Gasteiger partial charge < -0.3 is 16.0 Å². The number of hydrogen-bond donors (Lipinski definition) is 3. The lowest BCUT2D eigenvalue weighted by molar-refractivity contribution is 0.102. The van der Waals surface area contributed by atoms with Crippen molar-refractivity contribution in [1.29, 1.82) is 0 Å². The third-order valence-electron chi connectivity index (χ3n) is 2.96. The van der Waals surface area contributed by atoms with Crippen LogP contribution in [0.25, 0.3) is 0 Å². The molecule has 2 aromatic rings. The van der Waals surface area contributed by atoms with Crippen molar-refractivity contribution in [1.82, 2.24) is 5.32 Å². The molecule has 0 aliphatic rings. The van der Waals surface area contributed by atoms with Crippen molar-refractivity contribution >= 4 is 34.9 Å². The molecule has 6 heteroatoms. The lowest BCUT2D eigenvalue weighted by Gasteiger charge is -2.14. The summed E-state index contributed by atoms with van der Waals surface area (Å²) in [7, 11) is 0. The minimum absolute atomic E-state index is 0.0138. The van der Waals surface area contributed by atoms with E-state index in [-0.39, 0.29) is 18.0 Å². The minimum Gasteiger partial charge on any atom is -0.336 e. The molecule has 0 spiro atoms. The fraction of sp³-hybridized carbons (Fsp3) is 0.176. The molecule has 0 heterocycles. The molecule has 0 bridgehead atoms. The molecule has 0 aliphatic heterocycles. The van der Waals surface area contributed by atoms with Crippen LogP contribution in [0.3, 0.4) is 0 Å². The lowest BCUT2D eigenvalue weighted by Crippen LogP contribution is -2.34. The van der Waals surface area contributed by atoms with E-state index in [0.29, 0.717) is 22.0 Å². The first kappa shape index (κ1) is 16.8. The number of hydrogen-bond acceptors (Lipinski definition) is 2. The van der Waals surface area contributed by atoms with Gasteiger partial charge in [-0.1, -0.05) is 35.9 Å². The van der Waals surface area contributed by atoms with E-state index in [1.807, 2.05) is 13.8 Å². The van der Waals surface area contributed by atoms with Gasteiger partial charge in [0, 0.05) is 6.04 Å². The maximum atomic E-state index is 12.3. The molecule has 2 aromatic carbocycles. The maximum absolute atomic E-state index is 12.3. The van der Waals surface area contributed by atoms with Crippen molar-refractivity contribution in [2.24, 2.45) is 0 Å². The molecule has 0 radical (unpaired) electrons. The van der Waals surface area contributed by atoms with Gasteiger partial charge in [-0.2, -0.15) is 0 Å². The van der Waals surface area contributed by atoms with Gasteiger partial charge in [-0.15, -0.1) is 0 Å². The van der Waals surface area contributed by atoms with Gasteiger partial charge in [-0.3, -0.25) is 4.79 Å².